The van der Waals surface area contributed by atoms with Crippen LogP contribution in [-0.2, 0) is 4.79 Å². The van der Waals surface area contributed by atoms with Gasteiger partial charge in [-0.15, -0.1) is 24.8 Å². The lowest BCUT2D eigenvalue weighted by molar-refractivity contribution is -0.121. The molecule has 1 rings (SSSR count). The van der Waals surface area contributed by atoms with Crippen molar-refractivity contribution in [3.63, 3.8) is 0 Å². The summed E-state index contributed by atoms with van der Waals surface area (Å²) in [5.74, 6) is 0.00720. The van der Waals surface area contributed by atoms with Crippen molar-refractivity contribution in [2.75, 3.05) is 20.6 Å². The lowest BCUT2D eigenvalue weighted by atomic mass is 10.1. The summed E-state index contributed by atoms with van der Waals surface area (Å²) in [7, 11) is 4.02. The van der Waals surface area contributed by atoms with Gasteiger partial charge in [-0.05, 0) is 26.6 Å². The second kappa shape index (κ2) is 10.9. The number of likely N-dealkylation sites (N-methyl/N-ethyl adjacent to an activating group) is 1. The maximum absolute atomic E-state index is 11.6. The van der Waals surface area contributed by atoms with Crippen LogP contribution >= 0.6 is 24.8 Å². The molecule has 0 aliphatic heterocycles. The Morgan fingerprint density at radius 2 is 1.80 bits per heavy atom. The normalized spacial score (nSPS) is 12.8. The highest BCUT2D eigenvalue weighted by Crippen LogP contribution is 2.16. The van der Waals surface area contributed by atoms with Crippen molar-refractivity contribution in [3.05, 3.63) is 35.9 Å². The number of halogens is 2. The Kier molecular flexibility index (Phi) is 11.7. The zero-order valence-electron chi connectivity index (χ0n) is 12.2. The number of nitrogens with two attached hydrogens (primary N) is 1. The van der Waals surface area contributed by atoms with Crippen LogP contribution in [0.4, 0.5) is 0 Å². The molecule has 0 aromatic heterocycles. The van der Waals surface area contributed by atoms with Gasteiger partial charge in [-0.2, -0.15) is 0 Å². The average molecular weight is 322 g/mol. The standard InChI is InChI=1S/C14H23N3O.2ClH/c1-11(15)9-14(18)16-10-13(17(2)3)12-7-5-4-6-8-12;;/h4-8,11,13H,9-10,15H2,1-3H3,(H,16,18);2*1H. The van der Waals surface area contributed by atoms with E-state index in [1.807, 2.05) is 39.2 Å². The van der Waals surface area contributed by atoms with Crippen molar-refractivity contribution < 1.29 is 4.79 Å². The predicted molar refractivity (Wildman–Crippen MR) is 88.6 cm³/mol. The van der Waals surface area contributed by atoms with Crippen LogP contribution < -0.4 is 11.1 Å². The smallest absolute Gasteiger partial charge is 0.221 e. The Morgan fingerprint density at radius 1 is 1.25 bits per heavy atom. The van der Waals surface area contributed by atoms with E-state index in [1.54, 1.807) is 0 Å². The number of carbonyl (C=O) groups is 1. The molecule has 0 fully saturated rings. The lowest BCUT2D eigenvalue weighted by Gasteiger charge is -2.25. The van der Waals surface area contributed by atoms with Crippen LogP contribution in [-0.4, -0.2) is 37.5 Å². The highest BCUT2D eigenvalue weighted by Gasteiger charge is 2.15. The van der Waals surface area contributed by atoms with Gasteiger partial charge < -0.3 is 16.0 Å². The number of rotatable bonds is 6. The molecule has 1 aromatic carbocycles. The third-order valence-corrected chi connectivity index (χ3v) is 2.81. The zero-order valence-corrected chi connectivity index (χ0v) is 13.8. The van der Waals surface area contributed by atoms with Gasteiger partial charge >= 0.3 is 0 Å². The van der Waals surface area contributed by atoms with Crippen LogP contribution in [0.1, 0.15) is 24.9 Å². The number of nitrogens with one attached hydrogen (secondary N) is 1. The van der Waals surface area contributed by atoms with E-state index in [4.69, 9.17) is 5.73 Å². The number of hydrogen-bond donors (Lipinski definition) is 2. The van der Waals surface area contributed by atoms with Gasteiger partial charge in [-0.3, -0.25) is 4.79 Å². The van der Waals surface area contributed by atoms with Crippen molar-refractivity contribution in [1.82, 2.24) is 10.2 Å². The number of benzene rings is 1. The largest absolute Gasteiger partial charge is 0.354 e. The summed E-state index contributed by atoms with van der Waals surface area (Å²) in [6.07, 6.45) is 0.370. The molecule has 116 valence electrons. The summed E-state index contributed by atoms with van der Waals surface area (Å²) < 4.78 is 0. The Labute approximate surface area is 133 Å². The molecule has 0 saturated carbocycles. The first kappa shape index (κ1) is 21.5. The zero-order chi connectivity index (χ0) is 13.5. The molecule has 20 heavy (non-hydrogen) atoms. The molecule has 0 aliphatic rings. The van der Waals surface area contributed by atoms with E-state index in [0.29, 0.717) is 13.0 Å². The first-order chi connectivity index (χ1) is 8.50. The highest BCUT2D eigenvalue weighted by atomic mass is 35.5. The van der Waals surface area contributed by atoms with Crippen molar-refractivity contribution in [1.29, 1.82) is 0 Å². The minimum absolute atomic E-state index is 0. The van der Waals surface area contributed by atoms with Crippen LogP contribution in [0.3, 0.4) is 0 Å². The van der Waals surface area contributed by atoms with Crippen molar-refractivity contribution in [2.45, 2.75) is 25.4 Å². The van der Waals surface area contributed by atoms with Crippen molar-refractivity contribution in [2.24, 2.45) is 5.73 Å². The average Bonchev–Trinajstić information content (AvgIpc) is 2.29. The maximum atomic E-state index is 11.6. The number of amides is 1. The van der Waals surface area contributed by atoms with Gasteiger partial charge in [0.15, 0.2) is 0 Å². The van der Waals surface area contributed by atoms with Gasteiger partial charge in [-0.1, -0.05) is 30.3 Å². The molecule has 0 aliphatic carbocycles. The van der Waals surface area contributed by atoms with E-state index >= 15 is 0 Å². The molecule has 1 aromatic rings. The van der Waals surface area contributed by atoms with E-state index in [0.717, 1.165) is 0 Å². The molecule has 1 amide bonds. The van der Waals surface area contributed by atoms with Gasteiger partial charge in [0, 0.05) is 19.0 Å². The summed E-state index contributed by atoms with van der Waals surface area (Å²) in [5.41, 5.74) is 6.80. The van der Waals surface area contributed by atoms with Gasteiger partial charge in [0.05, 0.1) is 6.04 Å². The first-order valence-electron chi connectivity index (χ1n) is 6.24. The summed E-state index contributed by atoms with van der Waals surface area (Å²) in [6.45, 7) is 2.43. The van der Waals surface area contributed by atoms with Crippen molar-refractivity contribution >= 4 is 30.7 Å². The van der Waals surface area contributed by atoms with E-state index in [9.17, 15) is 4.79 Å². The second-order valence-electron chi connectivity index (χ2n) is 4.88. The van der Waals surface area contributed by atoms with E-state index < -0.39 is 0 Å². The molecular formula is C14H25Cl2N3O. The molecule has 2 unspecified atom stereocenters. The quantitative estimate of drug-likeness (QED) is 0.842. The summed E-state index contributed by atoms with van der Waals surface area (Å²) in [4.78, 5) is 13.7. The second-order valence-corrected chi connectivity index (χ2v) is 4.88. The van der Waals surface area contributed by atoms with Crippen LogP contribution in [0, 0.1) is 0 Å². The summed E-state index contributed by atoms with van der Waals surface area (Å²) in [6, 6.07) is 10.2. The predicted octanol–water partition coefficient (Wildman–Crippen LogP) is 1.99. The fourth-order valence-corrected chi connectivity index (χ4v) is 1.85. The SMILES string of the molecule is CC(N)CC(=O)NCC(c1ccccc1)N(C)C.Cl.Cl. The molecule has 4 nitrogen and oxygen atoms in total. The van der Waals surface area contributed by atoms with E-state index in [-0.39, 0.29) is 42.8 Å². The van der Waals surface area contributed by atoms with Gasteiger partial charge in [-0.25, -0.2) is 0 Å². The molecule has 0 spiro atoms. The third-order valence-electron chi connectivity index (χ3n) is 2.81. The Hall–Kier alpha value is -0.810. The highest BCUT2D eigenvalue weighted by molar-refractivity contribution is 5.85. The minimum atomic E-state index is -0.0977. The van der Waals surface area contributed by atoms with Gasteiger partial charge in [0.2, 0.25) is 5.91 Å². The van der Waals surface area contributed by atoms with Crippen molar-refractivity contribution in [3.8, 4) is 0 Å². The molecule has 0 radical (unpaired) electrons. The molecule has 0 bridgehead atoms. The minimum Gasteiger partial charge on any atom is -0.354 e. The maximum Gasteiger partial charge on any atom is 0.221 e. The fourth-order valence-electron chi connectivity index (χ4n) is 1.85. The third kappa shape index (κ3) is 7.70. The summed E-state index contributed by atoms with van der Waals surface area (Å²) in [5, 5.41) is 2.93. The van der Waals surface area contributed by atoms with Gasteiger partial charge in [0.25, 0.3) is 0 Å². The number of nitrogens with zero attached hydrogens (tertiary/aromatic N) is 1. The van der Waals surface area contributed by atoms with Gasteiger partial charge in [0.1, 0.15) is 0 Å². The lowest BCUT2D eigenvalue weighted by Crippen LogP contribution is -2.36. The molecule has 6 heteroatoms. The Bertz CT molecular complexity index is 372. The first-order valence-corrected chi connectivity index (χ1v) is 6.24. The topological polar surface area (TPSA) is 58.4 Å². The van der Waals surface area contributed by atoms with E-state index in [2.05, 4.69) is 22.3 Å². The number of hydrogen-bond acceptors (Lipinski definition) is 3. The van der Waals surface area contributed by atoms with Crippen LogP contribution in [0.2, 0.25) is 0 Å². The van der Waals surface area contributed by atoms with E-state index in [1.165, 1.54) is 5.56 Å². The Morgan fingerprint density at radius 3 is 2.25 bits per heavy atom. The molecular weight excluding hydrogens is 297 g/mol. The monoisotopic (exact) mass is 321 g/mol. The molecule has 0 saturated heterocycles. The number of carbonyl (C=O) groups excluding carboxylic acids is 1. The fraction of sp³-hybridized carbons (Fsp3) is 0.500. The summed E-state index contributed by atoms with van der Waals surface area (Å²) >= 11 is 0. The molecule has 0 heterocycles. The van der Waals surface area contributed by atoms with Crippen LogP contribution in [0.5, 0.6) is 0 Å². The van der Waals surface area contributed by atoms with Crippen LogP contribution in [0.15, 0.2) is 30.3 Å². The molecule has 3 N–H and O–H groups in total. The molecule has 2 atom stereocenters. The Balaban J connectivity index is 0. The van der Waals surface area contributed by atoms with Crippen LogP contribution in [0.25, 0.3) is 0 Å².